The van der Waals surface area contributed by atoms with Crippen molar-refractivity contribution in [2.45, 2.75) is 6.10 Å². The van der Waals surface area contributed by atoms with Gasteiger partial charge < -0.3 is 15.2 Å². The van der Waals surface area contributed by atoms with Crippen LogP contribution >= 0.6 is 0 Å². The Morgan fingerprint density at radius 3 is 3.14 bits per heavy atom. The number of para-hydroxylation sites is 1. The molecule has 0 radical (unpaired) electrons. The molecule has 0 amide bonds. The van der Waals surface area contributed by atoms with E-state index in [-0.39, 0.29) is 12.3 Å². The summed E-state index contributed by atoms with van der Waals surface area (Å²) in [7, 11) is 0. The second-order valence-electron chi connectivity index (χ2n) is 2.94. The van der Waals surface area contributed by atoms with Crippen LogP contribution in [-0.4, -0.2) is 23.7 Å². The van der Waals surface area contributed by atoms with Gasteiger partial charge in [-0.05, 0) is 12.1 Å². The van der Waals surface area contributed by atoms with Gasteiger partial charge >= 0.3 is 5.97 Å². The second-order valence-corrected chi connectivity index (χ2v) is 2.94. The third-order valence-corrected chi connectivity index (χ3v) is 1.98. The molecule has 2 N–H and O–H groups in total. The molecule has 1 unspecified atom stereocenters. The van der Waals surface area contributed by atoms with Gasteiger partial charge in [-0.25, -0.2) is 9.18 Å². The molecule has 1 atom stereocenters. The van der Waals surface area contributed by atoms with E-state index in [2.05, 4.69) is 5.32 Å². The zero-order valence-electron chi connectivity index (χ0n) is 7.16. The Bertz CT molecular complexity index is 380. The lowest BCUT2D eigenvalue weighted by atomic mass is 10.2. The number of carboxylic acids is 1. The molecular weight excluding hydrogens is 189 g/mol. The van der Waals surface area contributed by atoms with Crippen LogP contribution in [0.4, 0.5) is 10.1 Å². The predicted molar refractivity (Wildman–Crippen MR) is 46.9 cm³/mol. The van der Waals surface area contributed by atoms with Crippen molar-refractivity contribution >= 4 is 11.7 Å². The maximum absolute atomic E-state index is 13.2. The van der Waals surface area contributed by atoms with E-state index in [4.69, 9.17) is 9.84 Å². The Morgan fingerprint density at radius 2 is 2.43 bits per heavy atom. The van der Waals surface area contributed by atoms with Crippen molar-refractivity contribution in [3.63, 3.8) is 0 Å². The van der Waals surface area contributed by atoms with Crippen LogP contribution in [0.5, 0.6) is 5.75 Å². The minimum Gasteiger partial charge on any atom is -0.478 e. The maximum Gasteiger partial charge on any atom is 0.346 e. The second kappa shape index (κ2) is 3.17. The summed E-state index contributed by atoms with van der Waals surface area (Å²) in [5.41, 5.74) is 0.488. The van der Waals surface area contributed by atoms with Crippen molar-refractivity contribution in [2.75, 3.05) is 11.9 Å². The average molecular weight is 197 g/mol. The standard InChI is InChI=1S/C9H8FNO3/c10-5-2-1-3-6-8(5)14-7(4-11-6)9(12)13/h1-3,7,11H,4H2,(H,12,13). The summed E-state index contributed by atoms with van der Waals surface area (Å²) in [4.78, 5) is 10.6. The quantitative estimate of drug-likeness (QED) is 0.707. The topological polar surface area (TPSA) is 58.6 Å². The van der Waals surface area contributed by atoms with Crippen LogP contribution in [0.3, 0.4) is 0 Å². The number of carboxylic acid groups (broad SMARTS) is 1. The Morgan fingerprint density at radius 1 is 1.64 bits per heavy atom. The van der Waals surface area contributed by atoms with Crippen molar-refractivity contribution in [2.24, 2.45) is 0 Å². The predicted octanol–water partition coefficient (Wildman–Crippen LogP) is 1.08. The lowest BCUT2D eigenvalue weighted by Gasteiger charge is -2.24. The van der Waals surface area contributed by atoms with Gasteiger partial charge in [-0.15, -0.1) is 0 Å². The monoisotopic (exact) mass is 197 g/mol. The summed E-state index contributed by atoms with van der Waals surface area (Å²) in [6.45, 7) is 0.145. The number of nitrogens with one attached hydrogen (secondary N) is 1. The van der Waals surface area contributed by atoms with Gasteiger partial charge in [0, 0.05) is 0 Å². The highest BCUT2D eigenvalue weighted by molar-refractivity contribution is 5.75. The normalized spacial score (nSPS) is 19.1. The van der Waals surface area contributed by atoms with E-state index in [9.17, 15) is 9.18 Å². The smallest absolute Gasteiger partial charge is 0.346 e. The van der Waals surface area contributed by atoms with Gasteiger partial charge in [0.05, 0.1) is 12.2 Å². The van der Waals surface area contributed by atoms with Crippen molar-refractivity contribution in [1.29, 1.82) is 0 Å². The molecule has 74 valence electrons. The van der Waals surface area contributed by atoms with Crippen LogP contribution in [0.2, 0.25) is 0 Å². The number of hydrogen-bond acceptors (Lipinski definition) is 3. The number of aliphatic carboxylic acids is 1. The molecule has 0 spiro atoms. The van der Waals surface area contributed by atoms with E-state index in [1.165, 1.54) is 12.1 Å². The Hall–Kier alpha value is -1.78. The van der Waals surface area contributed by atoms with Crippen LogP contribution in [0.1, 0.15) is 0 Å². The molecule has 0 aliphatic carbocycles. The number of carbonyl (C=O) groups is 1. The van der Waals surface area contributed by atoms with Gasteiger partial charge in [0.1, 0.15) is 0 Å². The SMILES string of the molecule is O=C(O)C1CNc2cccc(F)c2O1. The zero-order valence-corrected chi connectivity index (χ0v) is 7.16. The first kappa shape index (κ1) is 8.80. The van der Waals surface area contributed by atoms with Crippen molar-refractivity contribution in [3.05, 3.63) is 24.0 Å². The molecule has 4 nitrogen and oxygen atoms in total. The minimum atomic E-state index is -1.11. The van der Waals surface area contributed by atoms with Crippen LogP contribution in [0.25, 0.3) is 0 Å². The zero-order chi connectivity index (χ0) is 10.1. The molecule has 0 aromatic heterocycles. The lowest BCUT2D eigenvalue weighted by Crippen LogP contribution is -2.37. The number of benzene rings is 1. The molecule has 1 aromatic rings. The molecular formula is C9H8FNO3. The van der Waals surface area contributed by atoms with E-state index in [0.717, 1.165) is 0 Å². The molecule has 1 heterocycles. The summed E-state index contributed by atoms with van der Waals surface area (Å²) in [6, 6.07) is 4.40. The largest absolute Gasteiger partial charge is 0.478 e. The van der Waals surface area contributed by atoms with E-state index >= 15 is 0 Å². The minimum absolute atomic E-state index is 0.0221. The number of halogens is 1. The summed E-state index contributed by atoms with van der Waals surface area (Å²) in [5.74, 6) is -1.68. The van der Waals surface area contributed by atoms with Crippen molar-refractivity contribution in [1.82, 2.24) is 0 Å². The van der Waals surface area contributed by atoms with E-state index < -0.39 is 17.9 Å². The first-order valence-electron chi connectivity index (χ1n) is 4.10. The number of ether oxygens (including phenoxy) is 1. The molecule has 0 bridgehead atoms. The number of rotatable bonds is 1. The van der Waals surface area contributed by atoms with Crippen LogP contribution in [0.15, 0.2) is 18.2 Å². The fourth-order valence-electron chi connectivity index (χ4n) is 1.29. The van der Waals surface area contributed by atoms with Gasteiger partial charge in [-0.1, -0.05) is 6.07 Å². The number of anilines is 1. The molecule has 14 heavy (non-hydrogen) atoms. The van der Waals surface area contributed by atoms with Gasteiger partial charge in [-0.3, -0.25) is 0 Å². The Balaban J connectivity index is 2.33. The Labute approximate surface area is 79.3 Å². The summed E-state index contributed by atoms with van der Waals surface area (Å²) in [5, 5.41) is 11.5. The first-order valence-corrected chi connectivity index (χ1v) is 4.10. The summed E-state index contributed by atoms with van der Waals surface area (Å²) >= 11 is 0. The first-order chi connectivity index (χ1) is 6.68. The highest BCUT2D eigenvalue weighted by atomic mass is 19.1. The molecule has 2 rings (SSSR count). The average Bonchev–Trinajstić information content (AvgIpc) is 2.18. The van der Waals surface area contributed by atoms with Gasteiger partial charge in [0.15, 0.2) is 11.6 Å². The molecule has 1 aliphatic rings. The molecule has 0 fully saturated rings. The van der Waals surface area contributed by atoms with Gasteiger partial charge in [0.25, 0.3) is 0 Å². The molecule has 0 saturated carbocycles. The summed E-state index contributed by atoms with van der Waals surface area (Å²) in [6.07, 6.45) is -1.03. The van der Waals surface area contributed by atoms with E-state index in [1.54, 1.807) is 6.07 Å². The lowest BCUT2D eigenvalue weighted by molar-refractivity contribution is -0.144. The molecule has 1 aromatic carbocycles. The molecule has 1 aliphatic heterocycles. The Kier molecular flexibility index (Phi) is 1.99. The van der Waals surface area contributed by atoms with Crippen LogP contribution in [0, 0.1) is 5.82 Å². The van der Waals surface area contributed by atoms with Gasteiger partial charge in [-0.2, -0.15) is 0 Å². The molecule has 5 heteroatoms. The summed E-state index contributed by atoms with van der Waals surface area (Å²) < 4.78 is 18.1. The third kappa shape index (κ3) is 1.37. The van der Waals surface area contributed by atoms with E-state index in [1.807, 2.05) is 0 Å². The van der Waals surface area contributed by atoms with Gasteiger partial charge in [0.2, 0.25) is 6.10 Å². The third-order valence-electron chi connectivity index (χ3n) is 1.98. The maximum atomic E-state index is 13.2. The number of hydrogen-bond donors (Lipinski definition) is 2. The van der Waals surface area contributed by atoms with Crippen LogP contribution in [-0.2, 0) is 4.79 Å². The molecule has 0 saturated heterocycles. The van der Waals surface area contributed by atoms with E-state index in [0.29, 0.717) is 5.69 Å². The highest BCUT2D eigenvalue weighted by Crippen LogP contribution is 2.31. The highest BCUT2D eigenvalue weighted by Gasteiger charge is 2.26. The van der Waals surface area contributed by atoms with Crippen molar-refractivity contribution < 1.29 is 19.0 Å². The van der Waals surface area contributed by atoms with Crippen molar-refractivity contribution in [3.8, 4) is 5.75 Å². The number of fused-ring (bicyclic) bond motifs is 1. The fourth-order valence-corrected chi connectivity index (χ4v) is 1.29. The van der Waals surface area contributed by atoms with Crippen LogP contribution < -0.4 is 10.1 Å². The fraction of sp³-hybridized carbons (Fsp3) is 0.222.